The van der Waals surface area contributed by atoms with E-state index in [1.807, 2.05) is 0 Å². The summed E-state index contributed by atoms with van der Waals surface area (Å²) in [7, 11) is 1.63. The van der Waals surface area contributed by atoms with Crippen molar-refractivity contribution in [3.8, 4) is 0 Å². The lowest BCUT2D eigenvalue weighted by atomic mass is 10.1. The van der Waals surface area contributed by atoms with Gasteiger partial charge in [-0.3, -0.25) is 4.79 Å². The molecule has 2 rings (SSSR count). The minimum absolute atomic E-state index is 0.0360. The topological polar surface area (TPSA) is 29.5 Å². The van der Waals surface area contributed by atoms with Crippen LogP contribution in [0.15, 0.2) is 18.2 Å². The van der Waals surface area contributed by atoms with E-state index in [1.165, 1.54) is 4.90 Å². The number of benzene rings is 1. The summed E-state index contributed by atoms with van der Waals surface area (Å²) in [5.41, 5.74) is 0.0360. The highest BCUT2D eigenvalue weighted by Crippen LogP contribution is 2.15. The molecule has 18 heavy (non-hydrogen) atoms. The zero-order valence-corrected chi connectivity index (χ0v) is 10.2. The van der Waals surface area contributed by atoms with Gasteiger partial charge in [0, 0.05) is 37.7 Å². The zero-order valence-electron chi connectivity index (χ0n) is 10.2. The van der Waals surface area contributed by atoms with Crippen LogP contribution < -0.4 is 0 Å². The quantitative estimate of drug-likeness (QED) is 0.827. The van der Waals surface area contributed by atoms with Gasteiger partial charge < -0.3 is 9.64 Å². The average molecular weight is 255 g/mol. The van der Waals surface area contributed by atoms with Crippen LogP contribution in [0.5, 0.6) is 0 Å². The Balaban J connectivity index is 2.04. The lowest BCUT2D eigenvalue weighted by molar-refractivity contribution is 0.0765. The van der Waals surface area contributed by atoms with Crippen LogP contribution in [0.3, 0.4) is 0 Å². The van der Waals surface area contributed by atoms with Gasteiger partial charge in [0.25, 0.3) is 5.91 Å². The number of hydrogen-bond donors (Lipinski definition) is 0. The maximum absolute atomic E-state index is 13.0. The maximum atomic E-state index is 13.0. The standard InChI is InChI=1S/C13H15F2NO2/c1-16(7-9-2-3-18-8-9)13(17)10-4-11(14)6-12(15)5-10/h4-6,9H,2-3,7-8H2,1H3. The molecular weight excluding hydrogens is 240 g/mol. The first-order valence-corrected chi connectivity index (χ1v) is 5.85. The molecule has 1 fully saturated rings. The van der Waals surface area contributed by atoms with Crippen molar-refractivity contribution in [2.24, 2.45) is 5.92 Å². The molecule has 1 atom stereocenters. The molecule has 1 heterocycles. The van der Waals surface area contributed by atoms with Crippen LogP contribution in [-0.2, 0) is 4.74 Å². The fourth-order valence-electron chi connectivity index (χ4n) is 2.10. The lowest BCUT2D eigenvalue weighted by Gasteiger charge is -2.20. The second kappa shape index (κ2) is 5.44. The molecule has 0 aliphatic carbocycles. The Morgan fingerprint density at radius 1 is 1.39 bits per heavy atom. The molecular formula is C13H15F2NO2. The van der Waals surface area contributed by atoms with Crippen molar-refractivity contribution in [2.45, 2.75) is 6.42 Å². The Morgan fingerprint density at radius 3 is 2.61 bits per heavy atom. The van der Waals surface area contributed by atoms with Crippen molar-refractivity contribution in [2.75, 3.05) is 26.8 Å². The number of halogens is 2. The van der Waals surface area contributed by atoms with Gasteiger partial charge in [-0.1, -0.05) is 0 Å². The van der Waals surface area contributed by atoms with E-state index in [1.54, 1.807) is 7.05 Å². The minimum atomic E-state index is -0.740. The smallest absolute Gasteiger partial charge is 0.253 e. The first-order valence-electron chi connectivity index (χ1n) is 5.85. The third-order valence-electron chi connectivity index (χ3n) is 3.01. The first kappa shape index (κ1) is 13.0. The summed E-state index contributed by atoms with van der Waals surface area (Å²) in [6.45, 7) is 1.88. The van der Waals surface area contributed by atoms with Gasteiger partial charge in [-0.15, -0.1) is 0 Å². The molecule has 1 saturated heterocycles. The van der Waals surface area contributed by atoms with E-state index in [0.717, 1.165) is 24.6 Å². The van der Waals surface area contributed by atoms with Crippen LogP contribution in [0.4, 0.5) is 8.78 Å². The SMILES string of the molecule is CN(CC1CCOC1)C(=O)c1cc(F)cc(F)c1. The molecule has 1 aliphatic rings. The van der Waals surface area contributed by atoms with Crippen LogP contribution in [0.2, 0.25) is 0 Å². The Bertz CT molecular complexity index is 424. The molecule has 1 unspecified atom stereocenters. The predicted octanol–water partition coefficient (Wildman–Crippen LogP) is 2.07. The van der Waals surface area contributed by atoms with Gasteiger partial charge in [0.15, 0.2) is 0 Å². The highest BCUT2D eigenvalue weighted by molar-refractivity contribution is 5.94. The molecule has 1 aromatic rings. The van der Waals surface area contributed by atoms with Crippen molar-refractivity contribution in [3.63, 3.8) is 0 Å². The predicted molar refractivity (Wildman–Crippen MR) is 62.2 cm³/mol. The highest BCUT2D eigenvalue weighted by Gasteiger charge is 2.21. The molecule has 0 bridgehead atoms. The number of carbonyl (C=O) groups is 1. The Kier molecular flexibility index (Phi) is 3.91. The van der Waals surface area contributed by atoms with E-state index >= 15 is 0 Å². The van der Waals surface area contributed by atoms with Crippen LogP contribution in [0.1, 0.15) is 16.8 Å². The molecule has 0 N–H and O–H groups in total. The van der Waals surface area contributed by atoms with Gasteiger partial charge in [0.1, 0.15) is 11.6 Å². The van der Waals surface area contributed by atoms with E-state index in [4.69, 9.17) is 4.74 Å². The molecule has 1 aliphatic heterocycles. The summed E-state index contributed by atoms with van der Waals surface area (Å²) in [5.74, 6) is -1.55. The van der Waals surface area contributed by atoms with Gasteiger partial charge in [0.05, 0.1) is 6.61 Å². The van der Waals surface area contributed by atoms with Crippen LogP contribution in [0, 0.1) is 17.6 Å². The van der Waals surface area contributed by atoms with Crippen molar-refractivity contribution in [1.82, 2.24) is 4.90 Å². The second-order valence-corrected chi connectivity index (χ2v) is 4.57. The van der Waals surface area contributed by atoms with Gasteiger partial charge >= 0.3 is 0 Å². The molecule has 1 aromatic carbocycles. The lowest BCUT2D eigenvalue weighted by Crippen LogP contribution is -2.32. The Labute approximate surface area is 104 Å². The summed E-state index contributed by atoms with van der Waals surface area (Å²) >= 11 is 0. The second-order valence-electron chi connectivity index (χ2n) is 4.57. The zero-order chi connectivity index (χ0) is 13.1. The number of amides is 1. The molecule has 5 heteroatoms. The molecule has 0 saturated carbocycles. The summed E-state index contributed by atoms with van der Waals surface area (Å²) in [5, 5.41) is 0. The van der Waals surface area contributed by atoms with E-state index in [0.29, 0.717) is 25.7 Å². The van der Waals surface area contributed by atoms with Gasteiger partial charge in [-0.2, -0.15) is 0 Å². The number of nitrogens with zero attached hydrogens (tertiary/aromatic N) is 1. The summed E-state index contributed by atoms with van der Waals surface area (Å²) in [4.78, 5) is 13.5. The number of carbonyl (C=O) groups excluding carboxylic acids is 1. The number of hydrogen-bond acceptors (Lipinski definition) is 2. The van der Waals surface area contributed by atoms with Crippen LogP contribution in [-0.4, -0.2) is 37.6 Å². The maximum Gasteiger partial charge on any atom is 0.253 e. The molecule has 3 nitrogen and oxygen atoms in total. The van der Waals surface area contributed by atoms with Gasteiger partial charge in [0.2, 0.25) is 0 Å². The van der Waals surface area contributed by atoms with Crippen LogP contribution in [0.25, 0.3) is 0 Å². The van der Waals surface area contributed by atoms with Crippen molar-refractivity contribution < 1.29 is 18.3 Å². The van der Waals surface area contributed by atoms with E-state index in [2.05, 4.69) is 0 Å². The van der Waals surface area contributed by atoms with E-state index in [9.17, 15) is 13.6 Å². The van der Waals surface area contributed by atoms with E-state index in [-0.39, 0.29) is 11.5 Å². The minimum Gasteiger partial charge on any atom is -0.381 e. The Hall–Kier alpha value is -1.49. The van der Waals surface area contributed by atoms with E-state index < -0.39 is 11.6 Å². The molecule has 98 valence electrons. The fraction of sp³-hybridized carbons (Fsp3) is 0.462. The van der Waals surface area contributed by atoms with Gasteiger partial charge in [-0.25, -0.2) is 8.78 Å². The molecule has 0 radical (unpaired) electrons. The monoisotopic (exact) mass is 255 g/mol. The normalized spacial score (nSPS) is 18.9. The number of ether oxygens (including phenoxy) is 1. The molecule has 1 amide bonds. The van der Waals surface area contributed by atoms with Gasteiger partial charge in [-0.05, 0) is 18.6 Å². The highest BCUT2D eigenvalue weighted by atomic mass is 19.1. The number of rotatable bonds is 3. The fourth-order valence-corrected chi connectivity index (χ4v) is 2.10. The molecule has 0 spiro atoms. The van der Waals surface area contributed by atoms with Crippen molar-refractivity contribution in [1.29, 1.82) is 0 Å². The summed E-state index contributed by atoms with van der Waals surface area (Å²) in [6.07, 6.45) is 0.912. The largest absolute Gasteiger partial charge is 0.381 e. The third-order valence-corrected chi connectivity index (χ3v) is 3.01. The summed E-state index contributed by atoms with van der Waals surface area (Å²) < 4.78 is 31.3. The summed E-state index contributed by atoms with van der Waals surface area (Å²) in [6, 6.07) is 2.85. The van der Waals surface area contributed by atoms with Crippen molar-refractivity contribution in [3.05, 3.63) is 35.4 Å². The Morgan fingerprint density at radius 2 is 2.06 bits per heavy atom. The average Bonchev–Trinajstić information content (AvgIpc) is 2.79. The molecule has 0 aromatic heterocycles. The first-order chi connectivity index (χ1) is 8.56. The third kappa shape index (κ3) is 3.04. The van der Waals surface area contributed by atoms with Crippen molar-refractivity contribution >= 4 is 5.91 Å². The van der Waals surface area contributed by atoms with Crippen LogP contribution >= 0.6 is 0 Å².